The average Bonchev–Trinajstić information content (AvgIpc) is 3.38. The standard InChI is InChI=1S/C32H34F3N5O5/c1-3-43-30(41)22-7-11-27(25(36)19-22)39-16-13-38(14-17-39)15-18-40-28-12-8-23(31(42)44-4-2)20-26(28)37-29(40)21-5-9-24(10-6-21)45-32(33,34)35/h5-12,19-20H,3-4,13-18,36H2,1-2H3. The maximum Gasteiger partial charge on any atom is 0.573 e. The van der Waals surface area contributed by atoms with E-state index in [1.807, 2.05) is 10.6 Å². The molecule has 10 nitrogen and oxygen atoms in total. The largest absolute Gasteiger partial charge is 0.573 e. The van der Waals surface area contributed by atoms with E-state index in [1.165, 1.54) is 24.3 Å². The lowest BCUT2D eigenvalue weighted by Gasteiger charge is -2.36. The van der Waals surface area contributed by atoms with E-state index in [0.717, 1.165) is 37.4 Å². The van der Waals surface area contributed by atoms with Crippen molar-refractivity contribution in [3.63, 3.8) is 0 Å². The van der Waals surface area contributed by atoms with Crippen LogP contribution in [0.25, 0.3) is 22.4 Å². The second kappa shape index (κ2) is 13.5. The van der Waals surface area contributed by atoms with Gasteiger partial charge in [0.15, 0.2) is 0 Å². The monoisotopic (exact) mass is 625 g/mol. The maximum atomic E-state index is 12.7. The second-order valence-corrected chi connectivity index (χ2v) is 10.4. The van der Waals surface area contributed by atoms with Crippen molar-refractivity contribution in [3.05, 3.63) is 71.8 Å². The predicted molar refractivity (Wildman–Crippen MR) is 163 cm³/mol. The van der Waals surface area contributed by atoms with Gasteiger partial charge in [-0.15, -0.1) is 13.2 Å². The van der Waals surface area contributed by atoms with Gasteiger partial charge < -0.3 is 29.4 Å². The number of benzene rings is 3. The van der Waals surface area contributed by atoms with Crippen molar-refractivity contribution in [1.29, 1.82) is 0 Å². The lowest BCUT2D eigenvalue weighted by molar-refractivity contribution is -0.274. The normalized spacial score (nSPS) is 14.0. The number of rotatable bonds is 10. The SMILES string of the molecule is CCOC(=O)c1ccc(N2CCN(CCn3c(-c4ccc(OC(F)(F)F)cc4)nc4cc(C(=O)OCC)ccc43)CC2)c(N)c1. The summed E-state index contributed by atoms with van der Waals surface area (Å²) >= 11 is 0. The summed E-state index contributed by atoms with van der Waals surface area (Å²) in [5, 5.41) is 0. The highest BCUT2D eigenvalue weighted by Gasteiger charge is 2.31. The van der Waals surface area contributed by atoms with E-state index in [0.29, 0.717) is 46.8 Å². The molecule has 1 saturated heterocycles. The zero-order valence-corrected chi connectivity index (χ0v) is 25.0. The van der Waals surface area contributed by atoms with E-state index in [2.05, 4.69) is 14.5 Å². The molecule has 0 saturated carbocycles. The van der Waals surface area contributed by atoms with Gasteiger partial charge in [0.1, 0.15) is 11.6 Å². The Kier molecular flexibility index (Phi) is 9.47. The molecule has 1 aliphatic rings. The van der Waals surface area contributed by atoms with Crippen LogP contribution in [-0.4, -0.2) is 78.7 Å². The highest BCUT2D eigenvalue weighted by Crippen LogP contribution is 2.30. The van der Waals surface area contributed by atoms with Crippen molar-refractivity contribution in [2.45, 2.75) is 26.8 Å². The summed E-state index contributed by atoms with van der Waals surface area (Å²) in [5.41, 5.74) is 10.4. The van der Waals surface area contributed by atoms with Crippen LogP contribution >= 0.6 is 0 Å². The van der Waals surface area contributed by atoms with E-state index >= 15 is 0 Å². The number of carbonyl (C=O) groups is 2. The zero-order chi connectivity index (χ0) is 32.1. The third-order valence-electron chi connectivity index (χ3n) is 7.50. The van der Waals surface area contributed by atoms with Gasteiger partial charge in [0.25, 0.3) is 0 Å². The first-order valence-electron chi connectivity index (χ1n) is 14.6. The Morgan fingerprint density at radius 1 is 0.844 bits per heavy atom. The number of esters is 2. The third kappa shape index (κ3) is 7.48. The van der Waals surface area contributed by atoms with Gasteiger partial charge in [0.05, 0.1) is 46.7 Å². The molecule has 13 heteroatoms. The molecule has 2 heterocycles. The molecule has 1 fully saturated rings. The molecule has 4 aromatic rings. The summed E-state index contributed by atoms with van der Waals surface area (Å²) in [6, 6.07) is 15.9. The van der Waals surface area contributed by atoms with E-state index in [9.17, 15) is 22.8 Å². The van der Waals surface area contributed by atoms with Gasteiger partial charge >= 0.3 is 18.3 Å². The van der Waals surface area contributed by atoms with Crippen molar-refractivity contribution in [2.24, 2.45) is 0 Å². The summed E-state index contributed by atoms with van der Waals surface area (Å²) in [4.78, 5) is 33.7. The molecule has 0 aliphatic carbocycles. The smallest absolute Gasteiger partial charge is 0.462 e. The number of aromatic nitrogens is 2. The van der Waals surface area contributed by atoms with Gasteiger partial charge in [-0.25, -0.2) is 14.6 Å². The van der Waals surface area contributed by atoms with Gasteiger partial charge in [0, 0.05) is 44.8 Å². The number of piperazine rings is 1. The van der Waals surface area contributed by atoms with Crippen LogP contribution in [0.4, 0.5) is 24.5 Å². The number of halogens is 3. The Morgan fingerprint density at radius 2 is 1.47 bits per heavy atom. The van der Waals surface area contributed by atoms with Gasteiger partial charge in [-0.2, -0.15) is 0 Å². The van der Waals surface area contributed by atoms with Crippen LogP contribution in [0.5, 0.6) is 5.75 Å². The Balaban J connectivity index is 1.32. The van der Waals surface area contributed by atoms with E-state index in [4.69, 9.17) is 20.2 Å². The number of nitrogen functional groups attached to an aromatic ring is 1. The topological polar surface area (TPSA) is 112 Å². The fourth-order valence-electron chi connectivity index (χ4n) is 5.36. The van der Waals surface area contributed by atoms with E-state index < -0.39 is 18.3 Å². The number of nitrogens with two attached hydrogens (primary N) is 1. The van der Waals surface area contributed by atoms with Crippen molar-refractivity contribution in [3.8, 4) is 17.1 Å². The summed E-state index contributed by atoms with van der Waals surface area (Å²) in [6.07, 6.45) is -4.79. The Bertz CT molecular complexity index is 1660. The van der Waals surface area contributed by atoms with Crippen LogP contribution in [-0.2, 0) is 16.0 Å². The Hall–Kier alpha value is -4.78. The minimum Gasteiger partial charge on any atom is -0.462 e. The number of nitrogens with zero attached hydrogens (tertiary/aromatic N) is 4. The number of hydrogen-bond donors (Lipinski definition) is 1. The quantitative estimate of drug-likeness (QED) is 0.184. The number of imidazole rings is 1. The number of fused-ring (bicyclic) bond motifs is 1. The first-order valence-corrected chi connectivity index (χ1v) is 14.6. The fourth-order valence-corrected chi connectivity index (χ4v) is 5.36. The van der Waals surface area contributed by atoms with Crippen LogP contribution in [0.15, 0.2) is 60.7 Å². The number of anilines is 2. The van der Waals surface area contributed by atoms with E-state index in [1.54, 1.807) is 44.2 Å². The molecule has 45 heavy (non-hydrogen) atoms. The number of hydrogen-bond acceptors (Lipinski definition) is 9. The summed E-state index contributed by atoms with van der Waals surface area (Å²) < 4.78 is 54.4. The van der Waals surface area contributed by atoms with Crippen molar-refractivity contribution >= 4 is 34.3 Å². The molecule has 0 radical (unpaired) electrons. The second-order valence-electron chi connectivity index (χ2n) is 10.4. The molecule has 0 unspecified atom stereocenters. The minimum atomic E-state index is -4.79. The van der Waals surface area contributed by atoms with Crippen LogP contribution < -0.4 is 15.4 Å². The Labute approximate surface area is 258 Å². The molecule has 1 aromatic heterocycles. The van der Waals surface area contributed by atoms with Crippen LogP contribution in [0.3, 0.4) is 0 Å². The molecule has 0 atom stereocenters. The average molecular weight is 626 g/mol. The molecule has 5 rings (SSSR count). The van der Waals surface area contributed by atoms with Gasteiger partial charge in [-0.05, 0) is 74.5 Å². The van der Waals surface area contributed by atoms with Crippen molar-refractivity contribution in [2.75, 3.05) is 56.6 Å². The lowest BCUT2D eigenvalue weighted by atomic mass is 10.1. The van der Waals surface area contributed by atoms with Crippen LogP contribution in [0.1, 0.15) is 34.6 Å². The Morgan fingerprint density at radius 3 is 2.07 bits per heavy atom. The number of alkyl halides is 3. The highest BCUT2D eigenvalue weighted by molar-refractivity contribution is 5.94. The van der Waals surface area contributed by atoms with E-state index in [-0.39, 0.29) is 19.0 Å². The summed E-state index contributed by atoms with van der Waals surface area (Å²) in [6.45, 7) is 8.20. The highest BCUT2D eigenvalue weighted by atomic mass is 19.4. The molecule has 1 aliphatic heterocycles. The third-order valence-corrected chi connectivity index (χ3v) is 7.50. The van der Waals surface area contributed by atoms with Crippen LogP contribution in [0.2, 0.25) is 0 Å². The first-order chi connectivity index (χ1) is 21.6. The maximum absolute atomic E-state index is 12.7. The minimum absolute atomic E-state index is 0.238. The molecular weight excluding hydrogens is 591 g/mol. The summed E-state index contributed by atoms with van der Waals surface area (Å²) in [5.74, 6) is -0.641. The molecule has 0 spiro atoms. The molecule has 2 N–H and O–H groups in total. The first kappa shape index (κ1) is 31.6. The molecule has 0 amide bonds. The number of ether oxygens (including phenoxy) is 3. The van der Waals surface area contributed by atoms with Gasteiger partial charge in [-0.3, -0.25) is 4.90 Å². The molecular formula is C32H34F3N5O5. The molecule has 3 aromatic carbocycles. The lowest BCUT2D eigenvalue weighted by Crippen LogP contribution is -2.47. The zero-order valence-electron chi connectivity index (χ0n) is 25.0. The number of carbonyl (C=O) groups excluding carboxylic acids is 2. The van der Waals surface area contributed by atoms with Crippen molar-refractivity contribution in [1.82, 2.24) is 14.5 Å². The molecule has 0 bridgehead atoms. The van der Waals surface area contributed by atoms with Crippen molar-refractivity contribution < 1.29 is 37.0 Å². The summed E-state index contributed by atoms with van der Waals surface area (Å²) in [7, 11) is 0. The predicted octanol–water partition coefficient (Wildman–Crippen LogP) is 5.36. The fraction of sp³-hybridized carbons (Fsp3) is 0.344. The molecule has 238 valence electrons. The van der Waals surface area contributed by atoms with Gasteiger partial charge in [-0.1, -0.05) is 0 Å². The van der Waals surface area contributed by atoms with Gasteiger partial charge in [0.2, 0.25) is 0 Å². The van der Waals surface area contributed by atoms with Crippen LogP contribution in [0, 0.1) is 0 Å².